The predicted octanol–water partition coefficient (Wildman–Crippen LogP) is 1.98. The molecule has 0 saturated carbocycles. The molecule has 1 aliphatic rings. The third-order valence-corrected chi connectivity index (χ3v) is 3.29. The van der Waals surface area contributed by atoms with Crippen LogP contribution in [0.3, 0.4) is 0 Å². The zero-order valence-electron chi connectivity index (χ0n) is 8.62. The number of aryl methyl sites for hydroxylation is 1. The maximum atomic E-state index is 9.90. The Balaban J connectivity index is 2.61. The molecule has 1 unspecified atom stereocenters. The summed E-state index contributed by atoms with van der Waals surface area (Å²) in [5.74, 6) is 0.311. The van der Waals surface area contributed by atoms with E-state index in [9.17, 15) is 10.2 Å². The Morgan fingerprint density at radius 2 is 2.07 bits per heavy atom. The Morgan fingerprint density at radius 3 is 2.79 bits per heavy atom. The van der Waals surface area contributed by atoms with Crippen LogP contribution in [0.4, 0.5) is 0 Å². The average molecular weight is 192 g/mol. The quantitative estimate of drug-likeness (QED) is 0.660. The highest BCUT2D eigenvalue weighted by atomic mass is 16.3. The molecule has 0 fully saturated rings. The minimum atomic E-state index is -0.358. The van der Waals surface area contributed by atoms with Crippen LogP contribution in [0.1, 0.15) is 31.4 Å². The first-order valence-corrected chi connectivity index (χ1v) is 5.03. The number of aliphatic hydroxyl groups excluding tert-OH is 1. The minimum absolute atomic E-state index is 0.311. The fourth-order valence-corrected chi connectivity index (χ4v) is 2.36. The van der Waals surface area contributed by atoms with E-state index in [0.717, 1.165) is 18.4 Å². The molecule has 2 nitrogen and oxygen atoms in total. The molecular weight excluding hydrogens is 176 g/mol. The summed E-state index contributed by atoms with van der Waals surface area (Å²) in [6.07, 6.45) is 1.28. The van der Waals surface area contributed by atoms with Crippen molar-refractivity contribution in [1.29, 1.82) is 0 Å². The van der Waals surface area contributed by atoms with Crippen LogP contribution >= 0.6 is 0 Å². The second-order valence-corrected chi connectivity index (χ2v) is 4.59. The Bertz CT molecular complexity index is 355. The van der Waals surface area contributed by atoms with Gasteiger partial charge in [-0.2, -0.15) is 0 Å². The van der Waals surface area contributed by atoms with Crippen molar-refractivity contribution in [2.24, 2.45) is 0 Å². The first-order valence-electron chi connectivity index (χ1n) is 5.03. The van der Waals surface area contributed by atoms with Gasteiger partial charge in [0.2, 0.25) is 0 Å². The maximum Gasteiger partial charge on any atom is 0.119 e. The summed E-state index contributed by atoms with van der Waals surface area (Å²) in [6.45, 7) is 3.96. The van der Waals surface area contributed by atoms with Gasteiger partial charge in [0, 0.05) is 11.0 Å². The van der Waals surface area contributed by atoms with Crippen LogP contribution < -0.4 is 0 Å². The van der Waals surface area contributed by atoms with Crippen molar-refractivity contribution in [2.45, 2.75) is 38.2 Å². The third kappa shape index (κ3) is 1.22. The second-order valence-electron chi connectivity index (χ2n) is 4.59. The summed E-state index contributed by atoms with van der Waals surface area (Å²) < 4.78 is 0. The van der Waals surface area contributed by atoms with Gasteiger partial charge in [-0.25, -0.2) is 0 Å². The van der Waals surface area contributed by atoms with E-state index in [0.29, 0.717) is 5.75 Å². The van der Waals surface area contributed by atoms with E-state index in [1.54, 1.807) is 6.07 Å². The van der Waals surface area contributed by atoms with E-state index in [4.69, 9.17) is 0 Å². The van der Waals surface area contributed by atoms with E-state index in [2.05, 4.69) is 0 Å². The van der Waals surface area contributed by atoms with Crippen LogP contribution in [0.25, 0.3) is 0 Å². The largest absolute Gasteiger partial charge is 0.508 e. The molecule has 14 heavy (non-hydrogen) atoms. The Labute approximate surface area is 84.2 Å². The topological polar surface area (TPSA) is 40.5 Å². The summed E-state index contributed by atoms with van der Waals surface area (Å²) in [4.78, 5) is 0. The number of rotatable bonds is 0. The van der Waals surface area contributed by atoms with Crippen molar-refractivity contribution in [1.82, 2.24) is 0 Å². The number of hydrogen-bond acceptors (Lipinski definition) is 2. The number of aromatic hydroxyl groups is 1. The van der Waals surface area contributed by atoms with Crippen molar-refractivity contribution in [3.8, 4) is 5.75 Å². The van der Waals surface area contributed by atoms with Crippen molar-refractivity contribution >= 4 is 0 Å². The van der Waals surface area contributed by atoms with Gasteiger partial charge in [-0.3, -0.25) is 0 Å². The average Bonchev–Trinajstić information content (AvgIpc) is 2.11. The fourth-order valence-electron chi connectivity index (χ4n) is 2.36. The normalized spacial score (nSPS) is 24.4. The van der Waals surface area contributed by atoms with Gasteiger partial charge < -0.3 is 10.2 Å². The molecule has 1 atom stereocenters. The lowest BCUT2D eigenvalue weighted by atomic mass is 9.70. The number of hydrogen-bond donors (Lipinski definition) is 2. The van der Waals surface area contributed by atoms with Gasteiger partial charge >= 0.3 is 0 Å². The first kappa shape index (κ1) is 9.53. The smallest absolute Gasteiger partial charge is 0.119 e. The van der Waals surface area contributed by atoms with Crippen LogP contribution in [0, 0.1) is 0 Å². The second kappa shape index (κ2) is 2.99. The minimum Gasteiger partial charge on any atom is -0.508 e. The van der Waals surface area contributed by atoms with Gasteiger partial charge in [0.15, 0.2) is 0 Å². The van der Waals surface area contributed by atoms with E-state index in [-0.39, 0.29) is 11.5 Å². The van der Waals surface area contributed by atoms with Crippen LogP contribution in [-0.4, -0.2) is 16.3 Å². The van der Waals surface area contributed by atoms with E-state index < -0.39 is 0 Å². The molecule has 2 rings (SSSR count). The number of fused-ring (bicyclic) bond motifs is 1. The van der Waals surface area contributed by atoms with E-state index in [1.807, 2.05) is 26.0 Å². The van der Waals surface area contributed by atoms with Crippen LogP contribution in [0.15, 0.2) is 18.2 Å². The molecule has 1 aliphatic carbocycles. The van der Waals surface area contributed by atoms with Gasteiger partial charge in [-0.05, 0) is 24.5 Å². The fraction of sp³-hybridized carbons (Fsp3) is 0.500. The molecular formula is C12H16O2. The molecule has 0 amide bonds. The predicted molar refractivity (Wildman–Crippen MR) is 55.5 cm³/mol. The lowest BCUT2D eigenvalue weighted by Crippen LogP contribution is -2.38. The summed E-state index contributed by atoms with van der Waals surface area (Å²) in [7, 11) is 0. The molecule has 0 aromatic heterocycles. The lowest BCUT2D eigenvalue weighted by molar-refractivity contribution is 0.0814. The SMILES string of the molecule is CC1(C)c2c(O)cccc2CCC1O. The summed E-state index contributed by atoms with van der Waals surface area (Å²) in [6, 6.07) is 5.59. The molecule has 0 saturated heterocycles. The number of aliphatic hydroxyl groups is 1. The molecule has 0 aliphatic heterocycles. The van der Waals surface area contributed by atoms with Crippen molar-refractivity contribution in [2.75, 3.05) is 0 Å². The Morgan fingerprint density at radius 1 is 1.36 bits per heavy atom. The molecule has 2 N–H and O–H groups in total. The summed E-state index contributed by atoms with van der Waals surface area (Å²) in [5, 5.41) is 19.7. The Kier molecular flexibility index (Phi) is 2.04. The van der Waals surface area contributed by atoms with E-state index >= 15 is 0 Å². The standard InChI is InChI=1S/C12H16O2/c1-12(2)10(14)7-6-8-4-3-5-9(13)11(8)12/h3-5,10,13-14H,6-7H2,1-2H3. The maximum absolute atomic E-state index is 9.90. The van der Waals surface area contributed by atoms with Crippen LogP contribution in [0.2, 0.25) is 0 Å². The van der Waals surface area contributed by atoms with Gasteiger partial charge in [-0.15, -0.1) is 0 Å². The van der Waals surface area contributed by atoms with Crippen LogP contribution in [0.5, 0.6) is 5.75 Å². The Hall–Kier alpha value is -1.02. The molecule has 0 heterocycles. The van der Waals surface area contributed by atoms with Gasteiger partial charge in [0.1, 0.15) is 5.75 Å². The van der Waals surface area contributed by atoms with Gasteiger partial charge in [0.25, 0.3) is 0 Å². The van der Waals surface area contributed by atoms with E-state index in [1.165, 1.54) is 5.56 Å². The zero-order chi connectivity index (χ0) is 10.3. The molecule has 0 spiro atoms. The van der Waals surface area contributed by atoms with Gasteiger partial charge in [0.05, 0.1) is 6.10 Å². The number of phenols is 1. The number of phenolic OH excluding ortho intramolecular Hbond substituents is 1. The third-order valence-electron chi connectivity index (χ3n) is 3.29. The highest BCUT2D eigenvalue weighted by Crippen LogP contribution is 2.41. The highest BCUT2D eigenvalue weighted by Gasteiger charge is 2.37. The summed E-state index contributed by atoms with van der Waals surface area (Å²) >= 11 is 0. The highest BCUT2D eigenvalue weighted by molar-refractivity contribution is 5.46. The zero-order valence-corrected chi connectivity index (χ0v) is 8.62. The van der Waals surface area contributed by atoms with Crippen molar-refractivity contribution in [3.05, 3.63) is 29.3 Å². The summed E-state index contributed by atoms with van der Waals surface area (Å²) in [5.41, 5.74) is 1.75. The first-order chi connectivity index (χ1) is 6.53. The molecule has 0 radical (unpaired) electrons. The van der Waals surface area contributed by atoms with Gasteiger partial charge in [-0.1, -0.05) is 26.0 Å². The molecule has 2 heteroatoms. The number of benzene rings is 1. The molecule has 1 aromatic rings. The molecule has 76 valence electrons. The molecule has 0 bridgehead atoms. The van der Waals surface area contributed by atoms with Crippen molar-refractivity contribution < 1.29 is 10.2 Å². The molecule has 1 aromatic carbocycles. The lowest BCUT2D eigenvalue weighted by Gasteiger charge is -2.37. The van der Waals surface area contributed by atoms with Crippen molar-refractivity contribution in [3.63, 3.8) is 0 Å². The monoisotopic (exact) mass is 192 g/mol. The van der Waals surface area contributed by atoms with Crippen LogP contribution in [-0.2, 0) is 11.8 Å².